The second-order valence-electron chi connectivity index (χ2n) is 8.21. The predicted octanol–water partition coefficient (Wildman–Crippen LogP) is 8.16. The van der Waals surface area contributed by atoms with Crippen molar-refractivity contribution >= 4 is 35.5 Å². The van der Waals surface area contributed by atoms with Crippen molar-refractivity contribution in [1.29, 1.82) is 0 Å². The third-order valence-electron chi connectivity index (χ3n) is 6.18. The van der Waals surface area contributed by atoms with E-state index in [1.54, 1.807) is 0 Å². The van der Waals surface area contributed by atoms with Crippen LogP contribution in [0.25, 0.3) is 11.1 Å². The van der Waals surface area contributed by atoms with Gasteiger partial charge in [-0.1, -0.05) is 97.1 Å². The van der Waals surface area contributed by atoms with E-state index in [0.717, 1.165) is 39.2 Å². The lowest BCUT2D eigenvalue weighted by molar-refractivity contribution is 0.582. The highest BCUT2D eigenvalue weighted by molar-refractivity contribution is 7.76. The molecule has 0 aromatic heterocycles. The Bertz CT molecular complexity index is 1420. The summed E-state index contributed by atoms with van der Waals surface area (Å²) >= 11 is 0. The van der Waals surface area contributed by atoms with Crippen molar-refractivity contribution < 1.29 is 4.57 Å². The molecule has 0 spiro atoms. The number of hydrogen-bond acceptors (Lipinski definition) is 1. The van der Waals surface area contributed by atoms with E-state index >= 15 is 4.57 Å². The molecule has 164 valence electrons. The third-order valence-corrected chi connectivity index (χ3v) is 9.18. The molecule has 1 aliphatic rings. The summed E-state index contributed by atoms with van der Waals surface area (Å²) in [4.78, 5) is 0. The largest absolute Gasteiger partial charge is 0.302 e. The molecule has 1 heterocycles. The molecule has 0 saturated carbocycles. The van der Waals surface area contributed by atoms with Crippen LogP contribution in [-0.2, 0) is 4.57 Å². The Hall–Kier alpha value is -4.07. The highest BCUT2D eigenvalue weighted by atomic mass is 31.2. The monoisotopic (exact) mass is 458 g/mol. The molecule has 0 unspecified atom stereocenters. The molecule has 0 bridgehead atoms. The van der Waals surface area contributed by atoms with Gasteiger partial charge in [0.15, 0.2) is 0 Å². The molecule has 0 amide bonds. The van der Waals surface area contributed by atoms with E-state index in [4.69, 9.17) is 0 Å². The van der Waals surface area contributed by atoms with Crippen LogP contribution in [0.2, 0.25) is 0 Å². The van der Waals surface area contributed by atoms with E-state index in [2.05, 4.69) is 30.3 Å². The summed E-state index contributed by atoms with van der Waals surface area (Å²) in [6.45, 7) is 0. The molecule has 0 N–H and O–H groups in total. The third kappa shape index (κ3) is 3.17. The molecule has 5 aromatic carbocycles. The van der Waals surface area contributed by atoms with Crippen LogP contribution in [0.5, 0.6) is 0 Å². The van der Waals surface area contributed by atoms with Crippen LogP contribution in [-0.4, -0.2) is 0 Å². The van der Waals surface area contributed by atoms with Crippen molar-refractivity contribution in [3.05, 3.63) is 140 Å². The van der Waals surface area contributed by atoms with Gasteiger partial charge < -0.3 is 0 Å². The van der Waals surface area contributed by atoms with Gasteiger partial charge in [0.2, 0.25) is 0 Å². The Morgan fingerprint density at radius 1 is 0.441 bits per heavy atom. The zero-order chi connectivity index (χ0) is 23.0. The molecule has 0 aliphatic carbocycles. The fourth-order valence-corrected chi connectivity index (χ4v) is 7.96. The summed E-state index contributed by atoms with van der Waals surface area (Å²) in [5, 5.41) is 0.810. The molecule has 34 heavy (non-hydrogen) atoms. The van der Waals surface area contributed by atoms with Gasteiger partial charge in [0.05, 0.1) is 16.7 Å². The van der Waals surface area contributed by atoms with Crippen LogP contribution in [0, 0.1) is 0 Å². The Labute approximate surface area is 200 Å². The zero-order valence-electron chi connectivity index (χ0n) is 18.5. The minimum Gasteiger partial charge on any atom is -0.270 e. The first-order valence-corrected chi connectivity index (χ1v) is 12.9. The van der Waals surface area contributed by atoms with E-state index in [1.807, 2.05) is 119 Å². The van der Waals surface area contributed by atoms with Gasteiger partial charge in [-0.2, -0.15) is 0 Å². The quantitative estimate of drug-likeness (QED) is 0.254. The standard InChI is InChI=1S/C30H23N2OP/c33-34(30-23-13-10-20-27(30)24-14-4-1-5-15-24)31(25-16-6-2-7-17-25)28-21-11-12-22-29(28)32(34)26-18-8-3-9-19-26/h1-23H. The van der Waals surface area contributed by atoms with Crippen molar-refractivity contribution in [3.63, 3.8) is 0 Å². The average Bonchev–Trinajstić information content (AvgIpc) is 3.19. The summed E-state index contributed by atoms with van der Waals surface area (Å²) in [5.41, 5.74) is 5.69. The first kappa shape index (κ1) is 20.5. The summed E-state index contributed by atoms with van der Waals surface area (Å²) < 4.78 is 19.9. The van der Waals surface area contributed by atoms with Gasteiger partial charge in [-0.3, -0.25) is 13.9 Å². The van der Waals surface area contributed by atoms with Crippen LogP contribution in [0.1, 0.15) is 0 Å². The van der Waals surface area contributed by atoms with E-state index < -0.39 is 7.44 Å². The second kappa shape index (κ2) is 8.37. The Balaban J connectivity index is 1.70. The summed E-state index contributed by atoms with van der Waals surface area (Å²) in [6, 6.07) is 46.5. The van der Waals surface area contributed by atoms with E-state index in [0.29, 0.717) is 0 Å². The van der Waals surface area contributed by atoms with Crippen LogP contribution >= 0.6 is 7.44 Å². The van der Waals surface area contributed by atoms with Crippen LogP contribution in [0.4, 0.5) is 22.7 Å². The van der Waals surface area contributed by atoms with Gasteiger partial charge in [0.1, 0.15) is 0 Å². The molecule has 3 nitrogen and oxygen atoms in total. The van der Waals surface area contributed by atoms with Gasteiger partial charge in [0, 0.05) is 11.4 Å². The van der Waals surface area contributed by atoms with E-state index in [-0.39, 0.29) is 0 Å². The molecule has 6 rings (SSSR count). The Morgan fingerprint density at radius 3 is 1.38 bits per heavy atom. The van der Waals surface area contributed by atoms with Gasteiger partial charge in [-0.25, -0.2) is 0 Å². The predicted molar refractivity (Wildman–Crippen MR) is 143 cm³/mol. The number of para-hydroxylation sites is 4. The minimum atomic E-state index is -3.40. The molecular weight excluding hydrogens is 435 g/mol. The fraction of sp³-hybridized carbons (Fsp3) is 0. The number of benzene rings is 5. The molecule has 0 saturated heterocycles. The average molecular weight is 459 g/mol. The van der Waals surface area contributed by atoms with Crippen LogP contribution in [0.3, 0.4) is 0 Å². The second-order valence-corrected chi connectivity index (χ2v) is 10.6. The normalized spacial score (nSPS) is 14.1. The summed E-state index contributed by atoms with van der Waals surface area (Å²) in [6.07, 6.45) is 0. The number of anilines is 4. The molecule has 4 heteroatoms. The van der Waals surface area contributed by atoms with Crippen molar-refractivity contribution in [3.8, 4) is 11.1 Å². The van der Waals surface area contributed by atoms with Crippen molar-refractivity contribution in [2.24, 2.45) is 0 Å². The number of hydrogen-bond donors (Lipinski definition) is 0. The summed E-state index contributed by atoms with van der Waals surface area (Å²) in [7, 11) is -3.40. The van der Waals surface area contributed by atoms with Crippen molar-refractivity contribution in [1.82, 2.24) is 0 Å². The lowest BCUT2D eigenvalue weighted by Gasteiger charge is -2.34. The Morgan fingerprint density at radius 2 is 0.853 bits per heavy atom. The topological polar surface area (TPSA) is 23.6 Å². The fourth-order valence-electron chi connectivity index (χ4n) is 4.74. The maximum Gasteiger partial charge on any atom is 0.302 e. The molecule has 0 fully saturated rings. The molecule has 0 radical (unpaired) electrons. The first-order chi connectivity index (χ1) is 16.8. The van der Waals surface area contributed by atoms with E-state index in [9.17, 15) is 0 Å². The summed E-state index contributed by atoms with van der Waals surface area (Å²) in [5.74, 6) is 0. The van der Waals surface area contributed by atoms with Crippen molar-refractivity contribution in [2.45, 2.75) is 0 Å². The molecular formula is C30H23N2OP. The van der Waals surface area contributed by atoms with Gasteiger partial charge in [-0.05, 0) is 53.6 Å². The van der Waals surface area contributed by atoms with Gasteiger partial charge in [0.25, 0.3) is 0 Å². The molecule has 0 atom stereocenters. The smallest absolute Gasteiger partial charge is 0.270 e. The Kier molecular flexibility index (Phi) is 5.05. The first-order valence-electron chi connectivity index (χ1n) is 11.3. The maximum atomic E-state index is 15.8. The lowest BCUT2D eigenvalue weighted by Crippen LogP contribution is -2.27. The minimum absolute atomic E-state index is 0.810. The molecule has 5 aromatic rings. The van der Waals surface area contributed by atoms with Crippen molar-refractivity contribution in [2.75, 3.05) is 9.34 Å². The van der Waals surface area contributed by atoms with Gasteiger partial charge in [-0.15, -0.1) is 0 Å². The highest BCUT2D eigenvalue weighted by Crippen LogP contribution is 2.70. The zero-order valence-corrected chi connectivity index (χ0v) is 19.4. The molecule has 1 aliphatic heterocycles. The number of nitrogens with zero attached hydrogens (tertiary/aromatic N) is 2. The number of rotatable bonds is 4. The van der Waals surface area contributed by atoms with Gasteiger partial charge >= 0.3 is 7.44 Å². The number of fused-ring (bicyclic) bond motifs is 1. The van der Waals surface area contributed by atoms with Crippen LogP contribution in [0.15, 0.2) is 140 Å². The maximum absolute atomic E-state index is 15.8. The van der Waals surface area contributed by atoms with E-state index in [1.165, 1.54) is 0 Å². The lowest BCUT2D eigenvalue weighted by atomic mass is 10.1. The van der Waals surface area contributed by atoms with Crippen LogP contribution < -0.4 is 14.6 Å². The SMILES string of the molecule is O=P1(c2ccccc2-c2ccccc2)N(c2ccccc2)c2ccccc2N1c1ccccc1. The highest BCUT2D eigenvalue weighted by Gasteiger charge is 2.49.